The zero-order valence-corrected chi connectivity index (χ0v) is 12.6. The lowest BCUT2D eigenvalue weighted by Gasteiger charge is -2.14. The summed E-state index contributed by atoms with van der Waals surface area (Å²) < 4.78 is 10.4. The summed E-state index contributed by atoms with van der Waals surface area (Å²) >= 11 is 0. The standard InChI is InChI=1S/C17H20O5/c1-21-16-8-4-11(9-17(16)22-2)3-7-14(19)13-6-5-12(18)10-15(13)20/h4-6,8-10,14,18-20H,3,7H2,1-2H3. The Morgan fingerprint density at radius 2 is 1.68 bits per heavy atom. The van der Waals surface area contributed by atoms with Crippen LogP contribution in [-0.4, -0.2) is 29.5 Å². The molecule has 0 aliphatic carbocycles. The summed E-state index contributed by atoms with van der Waals surface area (Å²) in [5.41, 5.74) is 1.40. The molecule has 0 bridgehead atoms. The van der Waals surface area contributed by atoms with Gasteiger partial charge in [-0.25, -0.2) is 0 Å². The van der Waals surface area contributed by atoms with Gasteiger partial charge in [0.2, 0.25) is 0 Å². The molecule has 0 aliphatic rings. The molecule has 0 spiro atoms. The molecule has 0 saturated carbocycles. The van der Waals surface area contributed by atoms with Crippen molar-refractivity contribution in [3.63, 3.8) is 0 Å². The highest BCUT2D eigenvalue weighted by Crippen LogP contribution is 2.32. The predicted octanol–water partition coefficient (Wildman–Crippen LogP) is 2.78. The second kappa shape index (κ2) is 7.04. The number of aryl methyl sites for hydroxylation is 1. The Hall–Kier alpha value is -2.40. The van der Waals surface area contributed by atoms with Crippen molar-refractivity contribution < 1.29 is 24.8 Å². The summed E-state index contributed by atoms with van der Waals surface area (Å²) in [6, 6.07) is 9.76. The van der Waals surface area contributed by atoms with Crippen molar-refractivity contribution in [2.45, 2.75) is 18.9 Å². The van der Waals surface area contributed by atoms with Gasteiger partial charge in [0.25, 0.3) is 0 Å². The first-order valence-corrected chi connectivity index (χ1v) is 6.96. The number of aromatic hydroxyl groups is 2. The maximum absolute atomic E-state index is 10.2. The third-order valence-electron chi connectivity index (χ3n) is 3.53. The summed E-state index contributed by atoms with van der Waals surface area (Å²) in [7, 11) is 3.15. The molecule has 22 heavy (non-hydrogen) atoms. The molecule has 3 N–H and O–H groups in total. The van der Waals surface area contributed by atoms with Crippen LogP contribution in [0.3, 0.4) is 0 Å². The van der Waals surface area contributed by atoms with Gasteiger partial charge in [-0.1, -0.05) is 6.07 Å². The Morgan fingerprint density at radius 3 is 2.32 bits per heavy atom. The first-order chi connectivity index (χ1) is 10.5. The van der Waals surface area contributed by atoms with Gasteiger partial charge in [-0.2, -0.15) is 0 Å². The molecule has 0 fully saturated rings. The minimum absolute atomic E-state index is 0.0339. The molecule has 1 unspecified atom stereocenters. The number of aliphatic hydroxyl groups excluding tert-OH is 1. The van der Waals surface area contributed by atoms with Crippen LogP contribution in [0.1, 0.15) is 23.7 Å². The molecule has 2 rings (SSSR count). The van der Waals surface area contributed by atoms with Crippen LogP contribution in [0.2, 0.25) is 0 Å². The van der Waals surface area contributed by atoms with Crippen molar-refractivity contribution in [3.8, 4) is 23.0 Å². The first kappa shape index (κ1) is 16.0. The van der Waals surface area contributed by atoms with E-state index in [-0.39, 0.29) is 11.5 Å². The van der Waals surface area contributed by atoms with Crippen LogP contribution in [0.5, 0.6) is 23.0 Å². The lowest BCUT2D eigenvalue weighted by atomic mass is 10.00. The fraction of sp³-hybridized carbons (Fsp3) is 0.294. The van der Waals surface area contributed by atoms with E-state index in [1.807, 2.05) is 18.2 Å². The van der Waals surface area contributed by atoms with Gasteiger partial charge in [0.15, 0.2) is 11.5 Å². The van der Waals surface area contributed by atoms with Crippen LogP contribution >= 0.6 is 0 Å². The van der Waals surface area contributed by atoms with Crippen molar-refractivity contribution >= 4 is 0 Å². The summed E-state index contributed by atoms with van der Waals surface area (Å²) in [4.78, 5) is 0. The fourth-order valence-electron chi connectivity index (χ4n) is 2.31. The largest absolute Gasteiger partial charge is 0.508 e. The molecule has 2 aromatic carbocycles. The number of phenols is 2. The van der Waals surface area contributed by atoms with E-state index in [1.165, 1.54) is 18.2 Å². The predicted molar refractivity (Wildman–Crippen MR) is 82.6 cm³/mol. The number of benzene rings is 2. The molecule has 2 aromatic rings. The SMILES string of the molecule is COc1ccc(CCC(O)c2ccc(O)cc2O)cc1OC. The average molecular weight is 304 g/mol. The lowest BCUT2D eigenvalue weighted by molar-refractivity contribution is 0.164. The van der Waals surface area contributed by atoms with E-state index < -0.39 is 6.10 Å². The molecule has 5 heteroatoms. The number of aliphatic hydroxyl groups is 1. The lowest BCUT2D eigenvalue weighted by Crippen LogP contribution is -2.00. The number of ether oxygens (including phenoxy) is 2. The maximum atomic E-state index is 10.2. The summed E-state index contributed by atoms with van der Waals surface area (Å²) in [5.74, 6) is 1.15. The van der Waals surface area contributed by atoms with Gasteiger partial charge in [-0.05, 0) is 42.7 Å². The van der Waals surface area contributed by atoms with E-state index in [2.05, 4.69) is 0 Å². The van der Waals surface area contributed by atoms with Crippen molar-refractivity contribution in [1.82, 2.24) is 0 Å². The molecule has 118 valence electrons. The molecular formula is C17H20O5. The molecule has 0 radical (unpaired) electrons. The first-order valence-electron chi connectivity index (χ1n) is 6.96. The fourth-order valence-corrected chi connectivity index (χ4v) is 2.31. The van der Waals surface area contributed by atoms with Gasteiger partial charge in [0.1, 0.15) is 11.5 Å². The quantitative estimate of drug-likeness (QED) is 0.765. The summed E-state index contributed by atoms with van der Waals surface area (Å²) in [6.45, 7) is 0. The van der Waals surface area contributed by atoms with E-state index in [0.717, 1.165) is 5.56 Å². The molecule has 0 amide bonds. The van der Waals surface area contributed by atoms with Crippen LogP contribution in [0.4, 0.5) is 0 Å². The number of hydrogen-bond donors (Lipinski definition) is 3. The molecule has 0 saturated heterocycles. The van der Waals surface area contributed by atoms with Crippen LogP contribution < -0.4 is 9.47 Å². The highest BCUT2D eigenvalue weighted by molar-refractivity contribution is 5.43. The van der Waals surface area contributed by atoms with Crippen LogP contribution in [0.25, 0.3) is 0 Å². The minimum Gasteiger partial charge on any atom is -0.508 e. The van der Waals surface area contributed by atoms with E-state index in [9.17, 15) is 15.3 Å². The molecule has 0 aliphatic heterocycles. The van der Waals surface area contributed by atoms with Gasteiger partial charge in [-0.3, -0.25) is 0 Å². The Labute approximate surface area is 129 Å². The Bertz CT molecular complexity index is 639. The highest BCUT2D eigenvalue weighted by Gasteiger charge is 2.13. The van der Waals surface area contributed by atoms with Gasteiger partial charge in [0.05, 0.1) is 20.3 Å². The van der Waals surface area contributed by atoms with E-state index in [4.69, 9.17) is 9.47 Å². The summed E-state index contributed by atoms with van der Waals surface area (Å²) in [5, 5.41) is 29.2. The van der Waals surface area contributed by atoms with Crippen molar-refractivity contribution in [2.24, 2.45) is 0 Å². The van der Waals surface area contributed by atoms with Crippen LogP contribution in [0.15, 0.2) is 36.4 Å². The van der Waals surface area contributed by atoms with Crippen LogP contribution in [0, 0.1) is 0 Å². The zero-order valence-electron chi connectivity index (χ0n) is 12.6. The Morgan fingerprint density at radius 1 is 0.955 bits per heavy atom. The average Bonchev–Trinajstić information content (AvgIpc) is 2.52. The van der Waals surface area contributed by atoms with E-state index >= 15 is 0 Å². The molecule has 0 aromatic heterocycles. The second-order valence-corrected chi connectivity index (χ2v) is 4.99. The Kier molecular flexibility index (Phi) is 5.12. The number of rotatable bonds is 6. The topological polar surface area (TPSA) is 79.2 Å². The molecule has 5 nitrogen and oxygen atoms in total. The van der Waals surface area contributed by atoms with Gasteiger partial charge in [0, 0.05) is 11.6 Å². The minimum atomic E-state index is -0.811. The molecular weight excluding hydrogens is 284 g/mol. The second-order valence-electron chi connectivity index (χ2n) is 4.99. The zero-order chi connectivity index (χ0) is 16.1. The summed E-state index contributed by atoms with van der Waals surface area (Å²) in [6.07, 6.45) is 0.240. The van der Waals surface area contributed by atoms with Gasteiger partial charge in [-0.15, -0.1) is 0 Å². The molecule has 1 atom stereocenters. The van der Waals surface area contributed by atoms with Crippen LogP contribution in [-0.2, 0) is 6.42 Å². The number of methoxy groups -OCH3 is 2. The van der Waals surface area contributed by atoms with E-state index in [1.54, 1.807) is 14.2 Å². The normalized spacial score (nSPS) is 12.0. The third-order valence-corrected chi connectivity index (χ3v) is 3.53. The number of phenolic OH excluding ortho intramolecular Hbond substituents is 2. The van der Waals surface area contributed by atoms with Crippen molar-refractivity contribution in [3.05, 3.63) is 47.5 Å². The maximum Gasteiger partial charge on any atom is 0.160 e. The highest BCUT2D eigenvalue weighted by atomic mass is 16.5. The smallest absolute Gasteiger partial charge is 0.160 e. The van der Waals surface area contributed by atoms with Crippen molar-refractivity contribution in [1.29, 1.82) is 0 Å². The van der Waals surface area contributed by atoms with E-state index in [0.29, 0.717) is 29.9 Å². The van der Waals surface area contributed by atoms with Gasteiger partial charge < -0.3 is 24.8 Å². The van der Waals surface area contributed by atoms with Crippen molar-refractivity contribution in [2.75, 3.05) is 14.2 Å². The third kappa shape index (κ3) is 3.62. The van der Waals surface area contributed by atoms with Gasteiger partial charge >= 0.3 is 0 Å². The Balaban J connectivity index is 2.06. The monoisotopic (exact) mass is 304 g/mol. The number of hydrogen-bond acceptors (Lipinski definition) is 5. The molecule has 0 heterocycles.